The Balaban J connectivity index is 1.24. The fraction of sp³-hybridized carbons (Fsp3) is 0.321. The lowest BCUT2D eigenvalue weighted by atomic mass is 9.90. The first-order chi connectivity index (χ1) is 16.8. The highest BCUT2D eigenvalue weighted by molar-refractivity contribution is 6.10. The van der Waals surface area contributed by atoms with Gasteiger partial charge in [0, 0.05) is 24.5 Å². The van der Waals surface area contributed by atoms with Crippen molar-refractivity contribution in [3.05, 3.63) is 72.3 Å². The van der Waals surface area contributed by atoms with E-state index in [-0.39, 0.29) is 6.54 Å². The normalized spacial score (nSPS) is 20.9. The zero-order chi connectivity index (χ0) is 24.6. The molecular formula is C28H30N4O3. The van der Waals surface area contributed by atoms with Gasteiger partial charge in [-0.2, -0.15) is 0 Å². The van der Waals surface area contributed by atoms with Crippen LogP contribution in [0.5, 0.6) is 0 Å². The minimum Gasteiger partial charge on any atom is -0.372 e. The maximum atomic E-state index is 13.3. The first kappa shape index (κ1) is 22.9. The second-order valence-electron chi connectivity index (χ2n) is 9.77. The third-order valence-electron chi connectivity index (χ3n) is 7.20. The summed E-state index contributed by atoms with van der Waals surface area (Å²) in [4.78, 5) is 42.0. The molecular weight excluding hydrogens is 440 g/mol. The number of hydrogen-bond acceptors (Lipinski definition) is 4. The number of hydrogen-bond donors (Lipinski definition) is 2. The van der Waals surface area contributed by atoms with Gasteiger partial charge in [0.05, 0.1) is 0 Å². The Morgan fingerprint density at radius 2 is 1.69 bits per heavy atom. The van der Waals surface area contributed by atoms with Crippen molar-refractivity contribution in [2.45, 2.75) is 32.2 Å². The third-order valence-corrected chi connectivity index (χ3v) is 7.20. The number of urea groups is 1. The number of rotatable bonds is 5. The molecule has 0 spiro atoms. The number of benzene rings is 3. The van der Waals surface area contributed by atoms with Crippen molar-refractivity contribution < 1.29 is 14.4 Å². The molecule has 2 heterocycles. The zero-order valence-electron chi connectivity index (χ0n) is 20.1. The van der Waals surface area contributed by atoms with Crippen LogP contribution in [0.25, 0.3) is 10.8 Å². The lowest BCUT2D eigenvalue weighted by Crippen LogP contribution is -2.42. The van der Waals surface area contributed by atoms with Crippen molar-refractivity contribution in [3.63, 3.8) is 0 Å². The van der Waals surface area contributed by atoms with Gasteiger partial charge in [-0.25, -0.2) is 4.79 Å². The average molecular weight is 471 g/mol. The van der Waals surface area contributed by atoms with E-state index in [0.29, 0.717) is 11.3 Å². The van der Waals surface area contributed by atoms with Crippen LogP contribution in [0.2, 0.25) is 0 Å². The average Bonchev–Trinajstić information content (AvgIpc) is 3.08. The number of nitrogens with one attached hydrogen (secondary N) is 2. The summed E-state index contributed by atoms with van der Waals surface area (Å²) in [6.07, 6.45) is 2.37. The van der Waals surface area contributed by atoms with Gasteiger partial charge in [-0.3, -0.25) is 14.5 Å². The minimum absolute atomic E-state index is 0.348. The van der Waals surface area contributed by atoms with Crippen LogP contribution in [0.1, 0.15) is 32.3 Å². The number of nitrogens with zero attached hydrogens (tertiary/aromatic N) is 2. The Kier molecular flexibility index (Phi) is 5.93. The second-order valence-corrected chi connectivity index (χ2v) is 9.77. The van der Waals surface area contributed by atoms with E-state index >= 15 is 0 Å². The van der Waals surface area contributed by atoms with Crippen LogP contribution in [-0.4, -0.2) is 42.4 Å². The number of carbonyl (C=O) groups excluding carboxylic acids is 3. The molecule has 0 unspecified atom stereocenters. The van der Waals surface area contributed by atoms with Crippen molar-refractivity contribution in [1.29, 1.82) is 0 Å². The van der Waals surface area contributed by atoms with Gasteiger partial charge in [-0.1, -0.05) is 43.3 Å². The summed E-state index contributed by atoms with van der Waals surface area (Å²) >= 11 is 0. The Morgan fingerprint density at radius 3 is 2.40 bits per heavy atom. The van der Waals surface area contributed by atoms with Crippen LogP contribution in [-0.2, 0) is 15.1 Å². The van der Waals surface area contributed by atoms with Gasteiger partial charge >= 0.3 is 6.03 Å². The Hall–Kier alpha value is -3.87. The largest absolute Gasteiger partial charge is 0.372 e. The summed E-state index contributed by atoms with van der Waals surface area (Å²) in [7, 11) is 0. The molecule has 7 nitrogen and oxygen atoms in total. The highest BCUT2D eigenvalue weighted by Crippen LogP contribution is 2.31. The first-order valence-corrected chi connectivity index (χ1v) is 12.1. The molecule has 0 aliphatic carbocycles. The first-order valence-electron chi connectivity index (χ1n) is 12.1. The van der Waals surface area contributed by atoms with Crippen LogP contribution >= 0.6 is 0 Å². The molecule has 0 aromatic heterocycles. The molecule has 7 heteroatoms. The topological polar surface area (TPSA) is 81.8 Å². The van der Waals surface area contributed by atoms with E-state index in [4.69, 9.17) is 0 Å². The summed E-state index contributed by atoms with van der Waals surface area (Å²) in [5, 5.41) is 7.61. The van der Waals surface area contributed by atoms with Gasteiger partial charge in [0.2, 0.25) is 5.91 Å². The van der Waals surface area contributed by atoms with Crippen molar-refractivity contribution in [2.24, 2.45) is 5.92 Å². The third kappa shape index (κ3) is 4.46. The van der Waals surface area contributed by atoms with Gasteiger partial charge in [-0.15, -0.1) is 0 Å². The Bertz CT molecular complexity index is 1280. The molecule has 2 fully saturated rings. The van der Waals surface area contributed by atoms with Crippen LogP contribution in [0.4, 0.5) is 16.2 Å². The molecule has 2 N–H and O–H groups in total. The second kappa shape index (κ2) is 9.06. The summed E-state index contributed by atoms with van der Waals surface area (Å²) < 4.78 is 0. The molecule has 180 valence electrons. The molecule has 35 heavy (non-hydrogen) atoms. The van der Waals surface area contributed by atoms with E-state index in [1.165, 1.54) is 12.8 Å². The van der Waals surface area contributed by atoms with E-state index in [1.807, 2.05) is 66.7 Å². The molecule has 0 bridgehead atoms. The predicted molar refractivity (Wildman–Crippen MR) is 137 cm³/mol. The molecule has 2 saturated heterocycles. The van der Waals surface area contributed by atoms with Crippen molar-refractivity contribution in [3.8, 4) is 0 Å². The predicted octanol–water partition coefficient (Wildman–Crippen LogP) is 4.48. The SMILES string of the molecule is CC1CCN(c2ccc(NC(=O)CN3C(=O)N[C@@](C)(c4ccc5ccccc5c4)C3=O)cc2)CC1. The lowest BCUT2D eigenvalue weighted by molar-refractivity contribution is -0.133. The van der Waals surface area contributed by atoms with E-state index in [1.54, 1.807) is 6.92 Å². The molecule has 1 atom stereocenters. The zero-order valence-corrected chi connectivity index (χ0v) is 20.1. The van der Waals surface area contributed by atoms with Crippen LogP contribution in [0.3, 0.4) is 0 Å². The maximum absolute atomic E-state index is 13.3. The van der Waals surface area contributed by atoms with Crippen molar-refractivity contribution in [1.82, 2.24) is 10.2 Å². The number of amides is 4. The smallest absolute Gasteiger partial charge is 0.325 e. The van der Waals surface area contributed by atoms with E-state index in [0.717, 1.165) is 40.4 Å². The Labute approximate surface area is 205 Å². The lowest BCUT2D eigenvalue weighted by Gasteiger charge is -2.32. The number of anilines is 2. The highest BCUT2D eigenvalue weighted by Gasteiger charge is 2.49. The van der Waals surface area contributed by atoms with E-state index < -0.39 is 23.4 Å². The number of carbonyl (C=O) groups is 3. The summed E-state index contributed by atoms with van der Waals surface area (Å²) in [5.41, 5.74) is 1.22. The number of fused-ring (bicyclic) bond motifs is 1. The summed E-state index contributed by atoms with van der Waals surface area (Å²) in [6, 6.07) is 20.6. The van der Waals surface area contributed by atoms with Crippen LogP contribution in [0, 0.1) is 5.92 Å². The molecule has 2 aliphatic heterocycles. The van der Waals surface area contributed by atoms with E-state index in [9.17, 15) is 14.4 Å². The fourth-order valence-corrected chi connectivity index (χ4v) is 4.90. The Morgan fingerprint density at radius 1 is 1.00 bits per heavy atom. The monoisotopic (exact) mass is 470 g/mol. The van der Waals surface area contributed by atoms with E-state index in [2.05, 4.69) is 22.5 Å². The van der Waals surface area contributed by atoms with Crippen molar-refractivity contribution in [2.75, 3.05) is 29.9 Å². The summed E-state index contributed by atoms with van der Waals surface area (Å²) in [6.45, 7) is 5.69. The highest BCUT2D eigenvalue weighted by atomic mass is 16.2. The molecule has 3 aromatic rings. The molecule has 0 radical (unpaired) electrons. The quantitative estimate of drug-likeness (QED) is 0.539. The van der Waals surface area contributed by atoms with Gasteiger partial charge in [0.25, 0.3) is 5.91 Å². The minimum atomic E-state index is -1.23. The standard InChI is InChI=1S/C28H30N4O3/c1-19-13-15-31(16-14-19)24-11-9-23(10-12-24)29-25(33)18-32-26(34)28(2,30-27(32)35)22-8-7-20-5-3-4-6-21(20)17-22/h3-12,17,19H,13-16,18H2,1-2H3,(H,29,33)(H,30,35)/t28-/m0/s1. The number of imide groups is 1. The maximum Gasteiger partial charge on any atom is 0.325 e. The van der Waals surface area contributed by atoms with Crippen LogP contribution in [0.15, 0.2) is 66.7 Å². The fourth-order valence-electron chi connectivity index (χ4n) is 4.90. The summed E-state index contributed by atoms with van der Waals surface area (Å²) in [5.74, 6) is -0.100. The molecule has 2 aliphatic rings. The van der Waals surface area contributed by atoms with Gasteiger partial charge < -0.3 is 15.5 Å². The number of piperidine rings is 1. The van der Waals surface area contributed by atoms with Crippen molar-refractivity contribution >= 4 is 40.0 Å². The molecule has 0 saturated carbocycles. The molecule has 4 amide bonds. The molecule has 5 rings (SSSR count). The molecule has 3 aromatic carbocycles. The van der Waals surface area contributed by atoms with Crippen LogP contribution < -0.4 is 15.5 Å². The van der Waals surface area contributed by atoms with Gasteiger partial charge in [0.15, 0.2) is 0 Å². The van der Waals surface area contributed by atoms with Gasteiger partial charge in [-0.05, 0) is 72.4 Å². The van der Waals surface area contributed by atoms with Gasteiger partial charge in [0.1, 0.15) is 12.1 Å².